The average Bonchev–Trinajstić information content (AvgIpc) is 2.56. The third-order valence-corrected chi connectivity index (χ3v) is 4.19. The Kier molecular flexibility index (Phi) is 6.66. The van der Waals surface area contributed by atoms with Crippen molar-refractivity contribution in [1.29, 1.82) is 0 Å². The lowest BCUT2D eigenvalue weighted by molar-refractivity contribution is 0.102. The SMILES string of the molecule is CCCCc1ccc(NC(=O)c2ccccc2OCC)c(Br)c1. The number of benzene rings is 2. The van der Waals surface area contributed by atoms with Crippen LogP contribution in [0.15, 0.2) is 46.9 Å². The number of hydrogen-bond acceptors (Lipinski definition) is 2. The van der Waals surface area contributed by atoms with Crippen LogP contribution in [-0.4, -0.2) is 12.5 Å². The van der Waals surface area contributed by atoms with Gasteiger partial charge in [-0.15, -0.1) is 0 Å². The van der Waals surface area contributed by atoms with Gasteiger partial charge in [-0.05, 0) is 65.5 Å². The Morgan fingerprint density at radius 3 is 2.65 bits per heavy atom. The average molecular weight is 376 g/mol. The van der Waals surface area contributed by atoms with Crippen LogP contribution in [0.3, 0.4) is 0 Å². The third kappa shape index (κ3) is 4.83. The van der Waals surface area contributed by atoms with Gasteiger partial charge >= 0.3 is 0 Å². The number of halogens is 1. The highest BCUT2D eigenvalue weighted by Gasteiger charge is 2.13. The molecule has 0 aliphatic carbocycles. The Balaban J connectivity index is 2.14. The number of amides is 1. The molecule has 0 aliphatic rings. The molecule has 0 radical (unpaired) electrons. The van der Waals surface area contributed by atoms with Gasteiger partial charge in [-0.2, -0.15) is 0 Å². The topological polar surface area (TPSA) is 38.3 Å². The summed E-state index contributed by atoms with van der Waals surface area (Å²) in [6, 6.07) is 13.3. The van der Waals surface area contributed by atoms with Gasteiger partial charge in [0.1, 0.15) is 5.75 Å². The van der Waals surface area contributed by atoms with E-state index < -0.39 is 0 Å². The van der Waals surface area contributed by atoms with E-state index >= 15 is 0 Å². The molecule has 0 aromatic heterocycles. The van der Waals surface area contributed by atoms with Crippen molar-refractivity contribution < 1.29 is 9.53 Å². The van der Waals surface area contributed by atoms with Crippen molar-refractivity contribution in [2.45, 2.75) is 33.1 Å². The standard InChI is InChI=1S/C19H22BrNO2/c1-3-5-8-14-11-12-17(16(20)13-14)21-19(22)15-9-6-7-10-18(15)23-4-2/h6-7,9-13H,3-5,8H2,1-2H3,(H,21,22). The van der Waals surface area contributed by atoms with E-state index in [0.29, 0.717) is 17.9 Å². The molecular formula is C19H22BrNO2. The number of para-hydroxylation sites is 1. The fourth-order valence-electron chi connectivity index (χ4n) is 2.32. The molecule has 0 saturated heterocycles. The molecule has 0 unspecified atom stereocenters. The predicted octanol–water partition coefficient (Wildman–Crippen LogP) is 5.44. The van der Waals surface area contributed by atoms with E-state index in [4.69, 9.17) is 4.74 Å². The summed E-state index contributed by atoms with van der Waals surface area (Å²) in [6.45, 7) is 4.61. The molecular weight excluding hydrogens is 354 g/mol. The molecule has 2 rings (SSSR count). The number of ether oxygens (including phenoxy) is 1. The first-order valence-electron chi connectivity index (χ1n) is 7.97. The second-order valence-electron chi connectivity index (χ2n) is 5.30. The Bertz CT molecular complexity index is 670. The van der Waals surface area contributed by atoms with Crippen molar-refractivity contribution in [3.8, 4) is 5.75 Å². The van der Waals surface area contributed by atoms with Gasteiger partial charge in [-0.1, -0.05) is 31.5 Å². The van der Waals surface area contributed by atoms with E-state index in [1.54, 1.807) is 12.1 Å². The lowest BCUT2D eigenvalue weighted by Gasteiger charge is -2.12. The highest BCUT2D eigenvalue weighted by atomic mass is 79.9. The summed E-state index contributed by atoms with van der Waals surface area (Å²) in [5, 5.41) is 2.94. The molecule has 0 saturated carbocycles. The maximum absolute atomic E-state index is 12.5. The van der Waals surface area contributed by atoms with Gasteiger partial charge in [0.05, 0.1) is 17.9 Å². The molecule has 23 heavy (non-hydrogen) atoms. The van der Waals surface area contributed by atoms with Crippen LogP contribution < -0.4 is 10.1 Å². The van der Waals surface area contributed by atoms with Crippen LogP contribution >= 0.6 is 15.9 Å². The Morgan fingerprint density at radius 2 is 1.96 bits per heavy atom. The molecule has 2 aromatic rings. The predicted molar refractivity (Wildman–Crippen MR) is 98.3 cm³/mol. The zero-order chi connectivity index (χ0) is 16.7. The monoisotopic (exact) mass is 375 g/mol. The summed E-state index contributed by atoms with van der Waals surface area (Å²) in [7, 11) is 0. The maximum Gasteiger partial charge on any atom is 0.259 e. The van der Waals surface area contributed by atoms with E-state index in [9.17, 15) is 4.79 Å². The molecule has 2 aromatic carbocycles. The normalized spacial score (nSPS) is 10.4. The first kappa shape index (κ1) is 17.5. The minimum absolute atomic E-state index is 0.170. The Morgan fingerprint density at radius 1 is 1.17 bits per heavy atom. The van der Waals surface area contributed by atoms with Gasteiger partial charge in [0.25, 0.3) is 5.91 Å². The second-order valence-corrected chi connectivity index (χ2v) is 6.16. The molecule has 1 N–H and O–H groups in total. The van der Waals surface area contributed by atoms with Crippen LogP contribution in [0.1, 0.15) is 42.6 Å². The summed E-state index contributed by atoms with van der Waals surface area (Å²) in [6.07, 6.45) is 3.39. The minimum Gasteiger partial charge on any atom is -0.493 e. The van der Waals surface area contributed by atoms with Crippen molar-refractivity contribution in [1.82, 2.24) is 0 Å². The fraction of sp³-hybridized carbons (Fsp3) is 0.316. The van der Waals surface area contributed by atoms with Crippen molar-refractivity contribution in [3.63, 3.8) is 0 Å². The van der Waals surface area contributed by atoms with Gasteiger partial charge in [-0.3, -0.25) is 4.79 Å². The molecule has 3 nitrogen and oxygen atoms in total. The fourth-order valence-corrected chi connectivity index (χ4v) is 2.85. The Labute approximate surface area is 146 Å². The lowest BCUT2D eigenvalue weighted by Crippen LogP contribution is -2.14. The van der Waals surface area contributed by atoms with E-state index in [1.165, 1.54) is 18.4 Å². The summed E-state index contributed by atoms with van der Waals surface area (Å²) in [5.41, 5.74) is 2.57. The zero-order valence-corrected chi connectivity index (χ0v) is 15.2. The maximum atomic E-state index is 12.5. The minimum atomic E-state index is -0.170. The van der Waals surface area contributed by atoms with Crippen molar-refractivity contribution in [2.24, 2.45) is 0 Å². The number of hydrogen-bond donors (Lipinski definition) is 1. The Hall–Kier alpha value is -1.81. The largest absolute Gasteiger partial charge is 0.493 e. The molecule has 0 heterocycles. The number of aryl methyl sites for hydroxylation is 1. The molecule has 0 bridgehead atoms. The number of nitrogens with one attached hydrogen (secondary N) is 1. The van der Waals surface area contributed by atoms with Gasteiger partial charge in [0.2, 0.25) is 0 Å². The highest BCUT2D eigenvalue weighted by molar-refractivity contribution is 9.10. The number of rotatable bonds is 7. The third-order valence-electron chi connectivity index (χ3n) is 3.53. The summed E-state index contributed by atoms with van der Waals surface area (Å²) < 4.78 is 6.41. The first-order valence-corrected chi connectivity index (χ1v) is 8.76. The van der Waals surface area contributed by atoms with Gasteiger partial charge in [0, 0.05) is 4.47 Å². The summed E-state index contributed by atoms with van der Waals surface area (Å²) >= 11 is 3.54. The molecule has 1 amide bonds. The number of carbonyl (C=O) groups is 1. The van der Waals surface area contributed by atoms with Gasteiger partial charge < -0.3 is 10.1 Å². The first-order chi connectivity index (χ1) is 11.2. The van der Waals surface area contributed by atoms with Crippen LogP contribution in [0.2, 0.25) is 0 Å². The molecule has 4 heteroatoms. The lowest BCUT2D eigenvalue weighted by atomic mass is 10.1. The van der Waals surface area contributed by atoms with Crippen LogP contribution in [-0.2, 0) is 6.42 Å². The number of anilines is 1. The van der Waals surface area contributed by atoms with Crippen LogP contribution in [0.25, 0.3) is 0 Å². The highest BCUT2D eigenvalue weighted by Crippen LogP contribution is 2.26. The summed E-state index contributed by atoms with van der Waals surface area (Å²) in [4.78, 5) is 12.5. The molecule has 0 atom stereocenters. The molecule has 0 spiro atoms. The smallest absolute Gasteiger partial charge is 0.259 e. The number of carbonyl (C=O) groups excluding carboxylic acids is 1. The van der Waals surface area contributed by atoms with Crippen molar-refractivity contribution in [3.05, 3.63) is 58.1 Å². The molecule has 122 valence electrons. The van der Waals surface area contributed by atoms with Crippen molar-refractivity contribution >= 4 is 27.5 Å². The van der Waals surface area contributed by atoms with Crippen LogP contribution in [0.4, 0.5) is 5.69 Å². The summed E-state index contributed by atoms with van der Waals surface area (Å²) in [5.74, 6) is 0.430. The number of unbranched alkanes of at least 4 members (excludes halogenated alkanes) is 1. The molecule has 0 aliphatic heterocycles. The van der Waals surface area contributed by atoms with Crippen molar-refractivity contribution in [2.75, 3.05) is 11.9 Å². The molecule has 0 fully saturated rings. The van der Waals surface area contributed by atoms with Crippen LogP contribution in [0.5, 0.6) is 5.75 Å². The van der Waals surface area contributed by atoms with Crippen LogP contribution in [0, 0.1) is 0 Å². The van der Waals surface area contributed by atoms with E-state index in [0.717, 1.165) is 16.6 Å². The van der Waals surface area contributed by atoms with E-state index in [2.05, 4.69) is 40.3 Å². The van der Waals surface area contributed by atoms with E-state index in [1.807, 2.05) is 25.1 Å². The quantitative estimate of drug-likeness (QED) is 0.699. The van der Waals surface area contributed by atoms with E-state index in [-0.39, 0.29) is 5.91 Å². The van der Waals surface area contributed by atoms with Gasteiger partial charge in [0.15, 0.2) is 0 Å². The van der Waals surface area contributed by atoms with Gasteiger partial charge in [-0.25, -0.2) is 0 Å². The zero-order valence-electron chi connectivity index (χ0n) is 13.6. The second kappa shape index (κ2) is 8.73.